The van der Waals surface area contributed by atoms with Crippen molar-refractivity contribution in [3.8, 4) is 0 Å². The maximum Gasteiger partial charge on any atom is 0.00818 e. The van der Waals surface area contributed by atoms with Gasteiger partial charge in [0.25, 0.3) is 0 Å². The molecule has 2 heteroatoms. The number of hydrogen-bond donors (Lipinski definition) is 1. The van der Waals surface area contributed by atoms with Gasteiger partial charge in [-0.15, -0.1) is 0 Å². The van der Waals surface area contributed by atoms with Crippen LogP contribution in [0.4, 0.5) is 0 Å². The Morgan fingerprint density at radius 2 is 1.64 bits per heavy atom. The number of rotatable bonds is 7. The van der Waals surface area contributed by atoms with Gasteiger partial charge in [0, 0.05) is 18.6 Å². The Kier molecular flexibility index (Phi) is 7.20. The normalized spacial score (nSPS) is 14.4. The van der Waals surface area contributed by atoms with Gasteiger partial charge in [0.05, 0.1) is 0 Å². The molecule has 1 unspecified atom stereocenters. The molecule has 0 aromatic heterocycles. The molecule has 0 saturated carbocycles. The summed E-state index contributed by atoms with van der Waals surface area (Å²) in [5.74, 6) is 0.759. The van der Waals surface area contributed by atoms with Gasteiger partial charge < -0.3 is 5.32 Å². The highest BCUT2D eigenvalue weighted by Crippen LogP contribution is 2.11. The second-order valence-electron chi connectivity index (χ2n) is 4.93. The van der Waals surface area contributed by atoms with E-state index in [1.165, 1.54) is 13.0 Å². The first kappa shape index (κ1) is 13.9. The van der Waals surface area contributed by atoms with Gasteiger partial charge >= 0.3 is 0 Å². The molecule has 1 atom stereocenters. The maximum atomic E-state index is 3.22. The van der Waals surface area contributed by atoms with E-state index in [4.69, 9.17) is 0 Å². The van der Waals surface area contributed by atoms with Crippen LogP contribution in [0.15, 0.2) is 0 Å². The molecular formula is C12H28N2. The van der Waals surface area contributed by atoms with Crippen LogP contribution in [-0.4, -0.2) is 37.1 Å². The fourth-order valence-electron chi connectivity index (χ4n) is 1.84. The Morgan fingerprint density at radius 3 is 2.00 bits per heavy atom. The molecule has 2 nitrogen and oxygen atoms in total. The van der Waals surface area contributed by atoms with Gasteiger partial charge in [0.1, 0.15) is 0 Å². The van der Waals surface area contributed by atoms with Crippen LogP contribution in [0.2, 0.25) is 0 Å². The molecule has 0 amide bonds. The Hall–Kier alpha value is -0.0800. The third-order valence-corrected chi connectivity index (χ3v) is 2.62. The Bertz CT molecular complexity index is 132. The molecule has 0 radical (unpaired) electrons. The van der Waals surface area contributed by atoms with Crippen molar-refractivity contribution in [3.05, 3.63) is 0 Å². The second kappa shape index (κ2) is 7.24. The lowest BCUT2D eigenvalue weighted by molar-refractivity contribution is 0.138. The molecule has 0 aromatic rings. The topological polar surface area (TPSA) is 15.3 Å². The Morgan fingerprint density at radius 1 is 1.07 bits per heavy atom. The molecule has 0 aliphatic heterocycles. The van der Waals surface area contributed by atoms with Crippen LogP contribution in [-0.2, 0) is 0 Å². The first-order valence-electron chi connectivity index (χ1n) is 5.89. The van der Waals surface area contributed by atoms with E-state index >= 15 is 0 Å². The largest absolute Gasteiger partial charge is 0.320 e. The SMILES string of the molecule is CNCCC(C)N(CC(C)C)C(C)C. The summed E-state index contributed by atoms with van der Waals surface area (Å²) < 4.78 is 0. The van der Waals surface area contributed by atoms with Crippen molar-refractivity contribution in [2.45, 2.75) is 53.1 Å². The molecule has 1 N–H and O–H groups in total. The van der Waals surface area contributed by atoms with E-state index in [2.05, 4.69) is 44.8 Å². The average molecular weight is 200 g/mol. The highest BCUT2D eigenvalue weighted by molar-refractivity contribution is 4.72. The van der Waals surface area contributed by atoms with Gasteiger partial charge in [-0.2, -0.15) is 0 Å². The lowest BCUT2D eigenvalue weighted by Crippen LogP contribution is -2.42. The highest BCUT2D eigenvalue weighted by atomic mass is 15.2. The van der Waals surface area contributed by atoms with E-state index < -0.39 is 0 Å². The van der Waals surface area contributed by atoms with E-state index in [0.717, 1.165) is 12.5 Å². The summed E-state index contributed by atoms with van der Waals surface area (Å²) in [7, 11) is 2.02. The minimum absolute atomic E-state index is 0.657. The number of nitrogens with one attached hydrogen (secondary N) is 1. The molecule has 0 bridgehead atoms. The van der Waals surface area contributed by atoms with E-state index in [9.17, 15) is 0 Å². The second-order valence-corrected chi connectivity index (χ2v) is 4.93. The minimum Gasteiger partial charge on any atom is -0.320 e. The smallest absolute Gasteiger partial charge is 0.00818 e. The van der Waals surface area contributed by atoms with Crippen molar-refractivity contribution in [3.63, 3.8) is 0 Å². The Labute approximate surface area is 90.1 Å². The number of nitrogens with zero attached hydrogens (tertiary/aromatic N) is 1. The molecular weight excluding hydrogens is 172 g/mol. The summed E-state index contributed by atoms with van der Waals surface area (Å²) in [4.78, 5) is 2.60. The van der Waals surface area contributed by atoms with Crippen LogP contribution in [0, 0.1) is 5.92 Å². The lowest BCUT2D eigenvalue weighted by atomic mass is 10.1. The fourth-order valence-corrected chi connectivity index (χ4v) is 1.84. The van der Waals surface area contributed by atoms with Gasteiger partial charge in [0.15, 0.2) is 0 Å². The third-order valence-electron chi connectivity index (χ3n) is 2.62. The summed E-state index contributed by atoms with van der Waals surface area (Å²) >= 11 is 0. The summed E-state index contributed by atoms with van der Waals surface area (Å²) in [6.07, 6.45) is 1.24. The van der Waals surface area contributed by atoms with E-state index in [-0.39, 0.29) is 0 Å². The molecule has 86 valence electrons. The van der Waals surface area contributed by atoms with Gasteiger partial charge in [-0.1, -0.05) is 13.8 Å². The van der Waals surface area contributed by atoms with E-state index in [1.807, 2.05) is 7.05 Å². The molecule has 0 fully saturated rings. The Balaban J connectivity index is 4.04. The van der Waals surface area contributed by atoms with Crippen molar-refractivity contribution in [1.29, 1.82) is 0 Å². The summed E-state index contributed by atoms with van der Waals surface area (Å²) in [5, 5.41) is 3.22. The standard InChI is InChI=1S/C12H28N2/c1-10(2)9-14(11(3)4)12(5)7-8-13-6/h10-13H,7-9H2,1-6H3. The predicted octanol–water partition coefficient (Wildman–Crippen LogP) is 2.35. The number of hydrogen-bond acceptors (Lipinski definition) is 2. The van der Waals surface area contributed by atoms with E-state index in [1.54, 1.807) is 0 Å². The van der Waals surface area contributed by atoms with Crippen molar-refractivity contribution in [2.24, 2.45) is 5.92 Å². The van der Waals surface area contributed by atoms with Crippen LogP contribution in [0.1, 0.15) is 41.0 Å². The van der Waals surface area contributed by atoms with Crippen LogP contribution in [0.5, 0.6) is 0 Å². The summed E-state index contributed by atoms with van der Waals surface area (Å²) in [6.45, 7) is 13.8. The van der Waals surface area contributed by atoms with Crippen LogP contribution in [0.25, 0.3) is 0 Å². The quantitative estimate of drug-likeness (QED) is 0.678. The van der Waals surface area contributed by atoms with Crippen LogP contribution < -0.4 is 5.32 Å². The molecule has 0 saturated heterocycles. The van der Waals surface area contributed by atoms with Crippen molar-refractivity contribution >= 4 is 0 Å². The fraction of sp³-hybridized carbons (Fsp3) is 1.00. The van der Waals surface area contributed by atoms with Crippen LogP contribution >= 0.6 is 0 Å². The first-order chi connectivity index (χ1) is 6.49. The monoisotopic (exact) mass is 200 g/mol. The van der Waals surface area contributed by atoms with E-state index in [0.29, 0.717) is 12.1 Å². The van der Waals surface area contributed by atoms with Crippen molar-refractivity contribution in [2.75, 3.05) is 20.1 Å². The summed E-state index contributed by atoms with van der Waals surface area (Å²) in [5.41, 5.74) is 0. The average Bonchev–Trinajstić information content (AvgIpc) is 2.09. The molecule has 0 heterocycles. The minimum atomic E-state index is 0.657. The first-order valence-corrected chi connectivity index (χ1v) is 5.89. The van der Waals surface area contributed by atoms with Gasteiger partial charge in [-0.25, -0.2) is 0 Å². The van der Waals surface area contributed by atoms with Crippen molar-refractivity contribution in [1.82, 2.24) is 10.2 Å². The zero-order chi connectivity index (χ0) is 11.1. The van der Waals surface area contributed by atoms with Crippen LogP contribution in [0.3, 0.4) is 0 Å². The van der Waals surface area contributed by atoms with Gasteiger partial charge in [0.2, 0.25) is 0 Å². The third kappa shape index (κ3) is 5.61. The summed E-state index contributed by atoms with van der Waals surface area (Å²) in [6, 6.07) is 1.34. The molecule has 0 spiro atoms. The van der Waals surface area contributed by atoms with Crippen molar-refractivity contribution < 1.29 is 0 Å². The predicted molar refractivity (Wildman–Crippen MR) is 64.7 cm³/mol. The molecule has 0 rings (SSSR count). The molecule has 0 aromatic carbocycles. The zero-order valence-corrected chi connectivity index (χ0v) is 10.8. The molecule has 0 aliphatic rings. The lowest BCUT2D eigenvalue weighted by Gasteiger charge is -2.34. The maximum absolute atomic E-state index is 3.22. The van der Waals surface area contributed by atoms with Gasteiger partial charge in [-0.3, -0.25) is 4.90 Å². The molecule has 0 aliphatic carbocycles. The van der Waals surface area contributed by atoms with Gasteiger partial charge in [-0.05, 0) is 46.7 Å². The highest BCUT2D eigenvalue weighted by Gasteiger charge is 2.17. The zero-order valence-electron chi connectivity index (χ0n) is 10.8. The molecule has 14 heavy (non-hydrogen) atoms.